The molecule has 0 spiro atoms. The van der Waals surface area contributed by atoms with E-state index in [0.717, 1.165) is 0 Å². The molecule has 3 aromatic rings. The van der Waals surface area contributed by atoms with Gasteiger partial charge in [0.2, 0.25) is 11.9 Å². The highest BCUT2D eigenvalue weighted by atomic mass is 35.5. The number of hydrogen-bond acceptors (Lipinski definition) is 4. The van der Waals surface area contributed by atoms with Crippen LogP contribution in [0.5, 0.6) is 5.75 Å². The second kappa shape index (κ2) is 11.5. The minimum absolute atomic E-state index is 0.0217. The lowest BCUT2D eigenvalue weighted by Gasteiger charge is -2.26. The van der Waals surface area contributed by atoms with Crippen molar-refractivity contribution in [2.75, 3.05) is 14.2 Å². The molecule has 0 fully saturated rings. The molecule has 2 N–H and O–H groups in total. The fourth-order valence-electron chi connectivity index (χ4n) is 3.71. The van der Waals surface area contributed by atoms with Crippen molar-refractivity contribution in [1.29, 1.82) is 0 Å². The molecule has 35 heavy (non-hydrogen) atoms. The number of nitrogens with zero attached hydrogens (tertiary/aromatic N) is 1. The van der Waals surface area contributed by atoms with Gasteiger partial charge in [0.1, 0.15) is 6.04 Å². The highest BCUT2D eigenvalue weighted by molar-refractivity contribution is 6.30. The predicted octanol–water partition coefficient (Wildman–Crippen LogP) is 5.36. The first-order valence-electron chi connectivity index (χ1n) is 10.7. The normalized spacial score (nSPS) is 12.8. The maximum atomic E-state index is 14.5. The number of carbonyl (C=O) groups excluding carboxylic acids is 1. The Morgan fingerprint density at radius 2 is 1.71 bits per heavy atom. The Kier molecular flexibility index (Phi) is 8.69. The Bertz CT molecular complexity index is 1210. The van der Waals surface area contributed by atoms with Crippen LogP contribution in [0.2, 0.25) is 5.02 Å². The smallest absolute Gasteiger partial charge is 0.241 e. The van der Waals surface area contributed by atoms with Crippen LogP contribution in [0.4, 0.5) is 17.6 Å². The maximum Gasteiger partial charge on any atom is 0.241 e. The minimum atomic E-state index is -1.31. The van der Waals surface area contributed by atoms with Crippen molar-refractivity contribution >= 4 is 17.5 Å². The second-order valence-electron chi connectivity index (χ2n) is 7.85. The first kappa shape index (κ1) is 26.4. The summed E-state index contributed by atoms with van der Waals surface area (Å²) in [5, 5.41) is 6.22. The van der Waals surface area contributed by atoms with Crippen molar-refractivity contribution in [1.82, 2.24) is 15.6 Å². The zero-order valence-corrected chi connectivity index (χ0v) is 20.0. The highest BCUT2D eigenvalue weighted by Gasteiger charge is 2.26. The zero-order chi connectivity index (χ0) is 25.7. The van der Waals surface area contributed by atoms with E-state index in [1.165, 1.54) is 39.3 Å². The lowest BCUT2D eigenvalue weighted by Crippen LogP contribution is -2.38. The van der Waals surface area contributed by atoms with Gasteiger partial charge in [0, 0.05) is 23.7 Å². The van der Waals surface area contributed by atoms with Crippen LogP contribution in [0.1, 0.15) is 40.9 Å². The summed E-state index contributed by atoms with van der Waals surface area (Å²) < 4.78 is 62.0. The molecule has 0 bridgehead atoms. The van der Waals surface area contributed by atoms with Crippen molar-refractivity contribution in [2.45, 2.75) is 31.8 Å². The van der Waals surface area contributed by atoms with E-state index < -0.39 is 41.0 Å². The second-order valence-corrected chi connectivity index (χ2v) is 8.28. The summed E-state index contributed by atoms with van der Waals surface area (Å²) in [7, 11) is 2.77. The van der Waals surface area contributed by atoms with Gasteiger partial charge in [-0.05, 0) is 55.2 Å². The van der Waals surface area contributed by atoms with Crippen LogP contribution in [0.25, 0.3) is 0 Å². The van der Waals surface area contributed by atoms with Gasteiger partial charge in [-0.1, -0.05) is 29.8 Å². The third-order valence-corrected chi connectivity index (χ3v) is 5.88. The maximum absolute atomic E-state index is 14.5. The van der Waals surface area contributed by atoms with Gasteiger partial charge in [0.05, 0.1) is 12.8 Å². The highest BCUT2D eigenvalue weighted by Crippen LogP contribution is 2.30. The number of methoxy groups -OCH3 is 1. The number of aromatic nitrogens is 1. The van der Waals surface area contributed by atoms with E-state index in [2.05, 4.69) is 15.6 Å². The van der Waals surface area contributed by atoms with Gasteiger partial charge in [-0.2, -0.15) is 4.39 Å². The van der Waals surface area contributed by atoms with E-state index in [1.54, 1.807) is 24.3 Å². The number of carbonyl (C=O) groups is 1. The topological polar surface area (TPSA) is 63.2 Å². The molecule has 5 nitrogen and oxygen atoms in total. The van der Waals surface area contributed by atoms with Crippen LogP contribution >= 0.6 is 11.6 Å². The quantitative estimate of drug-likeness (QED) is 0.301. The summed E-state index contributed by atoms with van der Waals surface area (Å²) in [6.45, 7) is 1.17. The summed E-state index contributed by atoms with van der Waals surface area (Å²) in [6.07, 6.45) is -0.228. The lowest BCUT2D eigenvalue weighted by molar-refractivity contribution is -0.123. The number of hydrogen-bond donors (Lipinski definition) is 2. The van der Waals surface area contributed by atoms with Crippen molar-refractivity contribution < 1.29 is 27.1 Å². The van der Waals surface area contributed by atoms with Crippen LogP contribution in [-0.4, -0.2) is 25.0 Å². The zero-order valence-electron chi connectivity index (χ0n) is 19.3. The SMILES string of the molecule is CNC(=O)C(N[C@@H](CCc1c(F)nc(C)c(F)c1F)c1ccc(F)c(OC)c1)c1ccc(Cl)cc1. The molecule has 186 valence electrons. The van der Waals surface area contributed by atoms with Gasteiger partial charge >= 0.3 is 0 Å². The van der Waals surface area contributed by atoms with Gasteiger partial charge in [0.25, 0.3) is 0 Å². The van der Waals surface area contributed by atoms with Gasteiger partial charge in [-0.25, -0.2) is 18.2 Å². The molecular weight excluding hydrogens is 486 g/mol. The molecule has 2 atom stereocenters. The molecule has 0 radical (unpaired) electrons. The standard InChI is InChI=1S/C25H24ClF4N3O2/c1-13-21(28)22(29)17(24(30)32-13)9-11-19(15-6-10-18(27)20(12-15)35-3)33-23(25(34)31-2)14-4-7-16(26)8-5-14/h4-8,10,12,19,23,33H,9,11H2,1-3H3,(H,31,34)/t19-,23?/m0/s1. The molecule has 2 aromatic carbocycles. The van der Waals surface area contributed by atoms with Crippen LogP contribution in [0.15, 0.2) is 42.5 Å². The van der Waals surface area contributed by atoms with E-state index in [1.807, 2.05) is 0 Å². The van der Waals surface area contributed by atoms with Crippen molar-refractivity contribution in [2.24, 2.45) is 0 Å². The average molecular weight is 510 g/mol. The molecule has 0 aliphatic heterocycles. The molecule has 1 amide bonds. The summed E-state index contributed by atoms with van der Waals surface area (Å²) >= 11 is 5.97. The third kappa shape index (κ3) is 6.10. The van der Waals surface area contributed by atoms with E-state index in [9.17, 15) is 22.4 Å². The minimum Gasteiger partial charge on any atom is -0.494 e. The first-order chi connectivity index (χ1) is 16.7. The lowest BCUT2D eigenvalue weighted by atomic mass is 9.96. The number of ether oxygens (including phenoxy) is 1. The molecule has 10 heteroatoms. The number of aryl methyl sites for hydroxylation is 1. The largest absolute Gasteiger partial charge is 0.494 e. The van der Waals surface area contributed by atoms with Crippen LogP contribution in [0.3, 0.4) is 0 Å². The van der Waals surface area contributed by atoms with Crippen LogP contribution in [-0.2, 0) is 11.2 Å². The fourth-order valence-corrected chi connectivity index (χ4v) is 3.84. The molecule has 1 unspecified atom stereocenters. The molecule has 1 heterocycles. The number of halogens is 5. The molecule has 0 saturated carbocycles. The Morgan fingerprint density at radius 3 is 2.34 bits per heavy atom. The number of benzene rings is 2. The van der Waals surface area contributed by atoms with E-state index >= 15 is 0 Å². The number of pyridine rings is 1. The summed E-state index contributed by atoms with van der Waals surface area (Å²) in [4.78, 5) is 16.2. The summed E-state index contributed by atoms with van der Waals surface area (Å²) in [5.41, 5.74) is 0.168. The number of nitrogens with one attached hydrogen (secondary N) is 2. The summed E-state index contributed by atoms with van der Waals surface area (Å²) in [6, 6.07) is 9.05. The van der Waals surface area contributed by atoms with Gasteiger partial charge in [-0.15, -0.1) is 0 Å². The molecule has 0 aliphatic rings. The van der Waals surface area contributed by atoms with Gasteiger partial charge in [0.15, 0.2) is 23.2 Å². The predicted molar refractivity (Wildman–Crippen MR) is 124 cm³/mol. The fraction of sp³-hybridized carbons (Fsp3) is 0.280. The Morgan fingerprint density at radius 1 is 1.06 bits per heavy atom. The molecule has 0 saturated heterocycles. The number of rotatable bonds is 9. The first-order valence-corrected chi connectivity index (χ1v) is 11.1. The monoisotopic (exact) mass is 509 g/mol. The summed E-state index contributed by atoms with van der Waals surface area (Å²) in [5.74, 6) is -4.68. The molecule has 0 aliphatic carbocycles. The Balaban J connectivity index is 2.00. The Labute approximate surface area is 205 Å². The van der Waals surface area contributed by atoms with E-state index in [4.69, 9.17) is 16.3 Å². The third-order valence-electron chi connectivity index (χ3n) is 5.63. The van der Waals surface area contributed by atoms with Crippen molar-refractivity contribution in [3.8, 4) is 5.75 Å². The molecular formula is C25H24ClF4N3O2. The molecule has 3 rings (SSSR count). The number of likely N-dealkylation sites (N-methyl/N-ethyl adjacent to an activating group) is 1. The van der Waals surface area contributed by atoms with Gasteiger partial charge in [-0.3, -0.25) is 10.1 Å². The van der Waals surface area contributed by atoms with Gasteiger partial charge < -0.3 is 10.1 Å². The van der Waals surface area contributed by atoms with E-state index in [0.29, 0.717) is 16.1 Å². The van der Waals surface area contributed by atoms with E-state index in [-0.39, 0.29) is 30.2 Å². The van der Waals surface area contributed by atoms with Crippen molar-refractivity contribution in [3.63, 3.8) is 0 Å². The Hall–Kier alpha value is -3.17. The van der Waals surface area contributed by atoms with Crippen molar-refractivity contribution in [3.05, 3.63) is 93.3 Å². The van der Waals surface area contributed by atoms with Crippen LogP contribution in [0, 0.1) is 30.3 Å². The number of amides is 1. The molecule has 1 aromatic heterocycles. The average Bonchev–Trinajstić information content (AvgIpc) is 2.85. The van der Waals surface area contributed by atoms with Crippen LogP contribution < -0.4 is 15.4 Å².